The fraction of sp³-hybridized carbons (Fsp3) is 0.300. The van der Waals surface area contributed by atoms with Gasteiger partial charge < -0.3 is 18.9 Å². The first-order valence-corrected chi connectivity index (χ1v) is 12.5. The summed E-state index contributed by atoms with van der Waals surface area (Å²) in [6, 6.07) is 17.4. The van der Waals surface area contributed by atoms with Gasteiger partial charge in [-0.25, -0.2) is 0 Å². The summed E-state index contributed by atoms with van der Waals surface area (Å²) in [6.07, 6.45) is 2.40. The Hall–Kier alpha value is -4.13. The second-order valence-electron chi connectivity index (χ2n) is 9.75. The molecule has 7 nitrogen and oxygen atoms in total. The average molecular weight is 498 g/mol. The number of carbonyl (C=O) groups excluding carboxylic acids is 1. The molecule has 1 aliphatic rings. The summed E-state index contributed by atoms with van der Waals surface area (Å²) in [6.45, 7) is 5.55. The first-order chi connectivity index (χ1) is 17.9. The number of carbonyl (C=O) groups is 1. The van der Waals surface area contributed by atoms with Crippen LogP contribution in [0.2, 0.25) is 0 Å². The molecule has 37 heavy (non-hydrogen) atoms. The molecule has 1 amide bonds. The zero-order valence-corrected chi connectivity index (χ0v) is 21.7. The molecular weight excluding hydrogens is 466 g/mol. The van der Waals surface area contributed by atoms with Gasteiger partial charge in [-0.3, -0.25) is 14.6 Å². The van der Waals surface area contributed by atoms with Crippen LogP contribution in [0, 0.1) is 12.8 Å². The molecule has 0 fully saturated rings. The molecule has 190 valence electrons. The van der Waals surface area contributed by atoms with Crippen molar-refractivity contribution in [1.29, 1.82) is 0 Å². The molecule has 0 unspecified atom stereocenters. The van der Waals surface area contributed by atoms with Gasteiger partial charge in [-0.1, -0.05) is 42.8 Å². The van der Waals surface area contributed by atoms with Gasteiger partial charge in [0.2, 0.25) is 0 Å². The highest BCUT2D eigenvalue weighted by molar-refractivity contribution is 6.07. The van der Waals surface area contributed by atoms with Gasteiger partial charge in [0.15, 0.2) is 0 Å². The molecule has 7 heteroatoms. The summed E-state index contributed by atoms with van der Waals surface area (Å²) in [5, 5.41) is 0.688. The number of pyridine rings is 2. The van der Waals surface area contributed by atoms with E-state index < -0.39 is 0 Å². The third-order valence-electron chi connectivity index (χ3n) is 7.02. The van der Waals surface area contributed by atoms with Crippen molar-refractivity contribution in [2.45, 2.75) is 33.4 Å². The molecule has 0 aliphatic carbocycles. The number of aromatic nitrogens is 2. The summed E-state index contributed by atoms with van der Waals surface area (Å²) in [5.41, 5.74) is 4.21. The lowest BCUT2D eigenvalue weighted by molar-refractivity contribution is 0.0686. The molecule has 0 saturated carbocycles. The van der Waals surface area contributed by atoms with E-state index in [9.17, 15) is 9.59 Å². The smallest absolute Gasteiger partial charge is 0.277 e. The Morgan fingerprint density at radius 2 is 1.70 bits per heavy atom. The van der Waals surface area contributed by atoms with Gasteiger partial charge in [0.05, 0.1) is 14.2 Å². The van der Waals surface area contributed by atoms with Crippen molar-refractivity contribution >= 4 is 16.8 Å². The standard InChI is InChI=1S/C30H31N3O4/c1-19-7-9-22(10-8-19)26-25-6-5-12-31-27(25)29(34)33-13-11-20(2)17-32(30(35)28(26)33)18-21-14-23(36-3)16-24(15-21)37-4/h5-10,12,14-16,20H,11,13,17-18H2,1-4H3/t20-/m1/s1. The van der Waals surface area contributed by atoms with E-state index in [1.54, 1.807) is 25.0 Å². The van der Waals surface area contributed by atoms with Gasteiger partial charge in [0.1, 0.15) is 22.7 Å². The molecule has 1 aliphatic heterocycles. The van der Waals surface area contributed by atoms with Gasteiger partial charge in [0, 0.05) is 42.8 Å². The van der Waals surface area contributed by atoms with Gasteiger partial charge in [-0.15, -0.1) is 0 Å². The molecule has 0 N–H and O–H groups in total. The lowest BCUT2D eigenvalue weighted by Crippen LogP contribution is -2.41. The molecule has 0 bridgehead atoms. The quantitative estimate of drug-likeness (QED) is 0.385. The predicted octanol–water partition coefficient (Wildman–Crippen LogP) is 5.07. The average Bonchev–Trinajstić information content (AvgIpc) is 2.91. The van der Waals surface area contributed by atoms with Crippen LogP contribution < -0.4 is 15.0 Å². The van der Waals surface area contributed by atoms with E-state index in [1.165, 1.54) is 0 Å². The van der Waals surface area contributed by atoms with Crippen molar-refractivity contribution < 1.29 is 14.3 Å². The third-order valence-corrected chi connectivity index (χ3v) is 7.02. The number of ether oxygens (including phenoxy) is 2. The van der Waals surface area contributed by atoms with Gasteiger partial charge in [-0.2, -0.15) is 0 Å². The maximum Gasteiger partial charge on any atom is 0.277 e. The summed E-state index contributed by atoms with van der Waals surface area (Å²) in [4.78, 5) is 34.3. The molecule has 5 rings (SSSR count). The molecule has 0 radical (unpaired) electrons. The van der Waals surface area contributed by atoms with Crippen molar-refractivity contribution in [3.63, 3.8) is 0 Å². The Labute approximate surface area is 216 Å². The predicted molar refractivity (Wildman–Crippen MR) is 144 cm³/mol. The Bertz CT molecular complexity index is 1500. The topological polar surface area (TPSA) is 73.7 Å². The van der Waals surface area contributed by atoms with E-state index in [4.69, 9.17) is 9.47 Å². The number of aryl methyl sites for hydroxylation is 1. The van der Waals surface area contributed by atoms with Crippen LogP contribution in [-0.2, 0) is 13.1 Å². The minimum Gasteiger partial charge on any atom is -0.497 e. The fourth-order valence-electron chi connectivity index (χ4n) is 5.08. The van der Waals surface area contributed by atoms with Gasteiger partial charge in [-0.05, 0) is 48.6 Å². The van der Waals surface area contributed by atoms with Crippen LogP contribution in [0.1, 0.15) is 35.0 Å². The molecular formula is C30H31N3O4. The number of hydrogen-bond acceptors (Lipinski definition) is 5. The van der Waals surface area contributed by atoms with Crippen LogP contribution in [0.3, 0.4) is 0 Å². The number of hydrogen-bond donors (Lipinski definition) is 0. The normalized spacial score (nSPS) is 15.7. The monoisotopic (exact) mass is 497 g/mol. The molecule has 0 spiro atoms. The van der Waals surface area contributed by atoms with Crippen LogP contribution in [0.4, 0.5) is 0 Å². The van der Waals surface area contributed by atoms with E-state index in [0.29, 0.717) is 47.7 Å². The minimum absolute atomic E-state index is 0.174. The van der Waals surface area contributed by atoms with Crippen LogP contribution >= 0.6 is 0 Å². The lowest BCUT2D eigenvalue weighted by atomic mass is 9.95. The molecule has 2 aromatic carbocycles. The lowest BCUT2D eigenvalue weighted by Gasteiger charge is -2.32. The third kappa shape index (κ3) is 4.69. The molecule has 1 atom stereocenters. The molecule has 3 heterocycles. The van der Waals surface area contributed by atoms with Crippen molar-refractivity contribution in [3.05, 3.63) is 88.0 Å². The Balaban J connectivity index is 1.72. The number of nitrogens with zero attached hydrogens (tertiary/aromatic N) is 3. The number of benzene rings is 2. The van der Waals surface area contributed by atoms with E-state index >= 15 is 0 Å². The fourth-order valence-corrected chi connectivity index (χ4v) is 5.08. The van der Waals surface area contributed by atoms with Crippen LogP contribution in [0.25, 0.3) is 22.0 Å². The minimum atomic E-state index is -0.230. The van der Waals surface area contributed by atoms with Gasteiger partial charge in [0.25, 0.3) is 11.5 Å². The number of rotatable bonds is 5. The van der Waals surface area contributed by atoms with Gasteiger partial charge >= 0.3 is 0 Å². The van der Waals surface area contributed by atoms with Crippen LogP contribution in [-0.4, -0.2) is 41.1 Å². The largest absolute Gasteiger partial charge is 0.497 e. The highest BCUT2D eigenvalue weighted by atomic mass is 16.5. The first kappa shape index (κ1) is 24.6. The van der Waals surface area contributed by atoms with E-state index in [0.717, 1.165) is 28.7 Å². The first-order valence-electron chi connectivity index (χ1n) is 12.5. The summed E-state index contributed by atoms with van der Waals surface area (Å²) in [5.74, 6) is 1.36. The van der Waals surface area contributed by atoms with Crippen molar-refractivity contribution in [2.24, 2.45) is 5.92 Å². The zero-order chi connectivity index (χ0) is 26.1. The van der Waals surface area contributed by atoms with Crippen molar-refractivity contribution in [1.82, 2.24) is 14.5 Å². The maximum absolute atomic E-state index is 14.4. The second-order valence-corrected chi connectivity index (χ2v) is 9.75. The molecule has 0 saturated heterocycles. The summed E-state index contributed by atoms with van der Waals surface area (Å²) >= 11 is 0. The number of amides is 1. The SMILES string of the molecule is COc1cc(CN2C[C@H](C)CCn3c(c(-c4ccc(C)cc4)c4cccnc4c3=O)C2=O)cc(OC)c1. The zero-order valence-electron chi connectivity index (χ0n) is 21.7. The highest BCUT2D eigenvalue weighted by Gasteiger charge is 2.30. The number of methoxy groups -OCH3 is 2. The Kier molecular flexibility index (Phi) is 6.70. The maximum atomic E-state index is 14.4. The van der Waals surface area contributed by atoms with Crippen LogP contribution in [0.5, 0.6) is 11.5 Å². The highest BCUT2D eigenvalue weighted by Crippen LogP contribution is 2.33. The molecule has 4 aromatic rings. The van der Waals surface area contributed by atoms with E-state index in [1.807, 2.05) is 66.4 Å². The second kappa shape index (κ2) is 10.1. The molecule has 2 aromatic heterocycles. The summed E-state index contributed by atoms with van der Waals surface area (Å²) < 4.78 is 12.5. The van der Waals surface area contributed by atoms with Crippen molar-refractivity contribution in [3.8, 4) is 22.6 Å². The Morgan fingerprint density at radius 1 is 1.00 bits per heavy atom. The summed E-state index contributed by atoms with van der Waals surface area (Å²) in [7, 11) is 3.22. The van der Waals surface area contributed by atoms with Crippen LogP contribution in [0.15, 0.2) is 65.6 Å². The Morgan fingerprint density at radius 3 is 2.38 bits per heavy atom. The van der Waals surface area contributed by atoms with Crippen molar-refractivity contribution in [2.75, 3.05) is 20.8 Å². The van der Waals surface area contributed by atoms with E-state index in [-0.39, 0.29) is 17.4 Å². The number of fused-ring (bicyclic) bond motifs is 2. The van der Waals surface area contributed by atoms with E-state index in [2.05, 4.69) is 11.9 Å².